The first-order valence-corrected chi connectivity index (χ1v) is 17.3. The Kier molecular flexibility index (Phi) is 15.0. The highest BCUT2D eigenvalue weighted by Gasteiger charge is 2.25. The summed E-state index contributed by atoms with van der Waals surface area (Å²) in [5, 5.41) is 12.7. The van der Waals surface area contributed by atoms with E-state index in [1.54, 1.807) is 16.7 Å². The lowest BCUT2D eigenvalue weighted by molar-refractivity contribution is -0.122. The number of hydrogen-bond acceptors (Lipinski definition) is 10. The van der Waals surface area contributed by atoms with Gasteiger partial charge in [0.15, 0.2) is 17.8 Å². The largest absolute Gasteiger partial charge is 0.423 e. The molecule has 244 valence electrons. The molecule has 0 saturated carbocycles. The monoisotopic (exact) mass is 633 g/mol. The van der Waals surface area contributed by atoms with E-state index >= 15 is 0 Å². The van der Waals surface area contributed by atoms with Gasteiger partial charge >= 0.3 is 7.60 Å². The smallest absolute Gasteiger partial charge is 0.402 e. The summed E-state index contributed by atoms with van der Waals surface area (Å²) in [6, 6.07) is 5.77. The lowest BCUT2D eigenvalue weighted by Crippen LogP contribution is -2.42. The van der Waals surface area contributed by atoms with Crippen LogP contribution in [-0.2, 0) is 27.1 Å². The molecule has 7 N–H and O–H groups in total. The molecule has 2 aromatic heterocycles. The summed E-state index contributed by atoms with van der Waals surface area (Å²) in [5.74, 6) is 0.186. The Bertz CT molecular complexity index is 1320. The molecule has 0 spiro atoms. The van der Waals surface area contributed by atoms with Crippen LogP contribution in [0.4, 0.5) is 5.82 Å². The molecule has 3 aromatic rings. The molecule has 2 heterocycles. The molecule has 0 radical (unpaired) electrons. The van der Waals surface area contributed by atoms with Crippen molar-refractivity contribution in [2.24, 2.45) is 5.73 Å². The fourth-order valence-electron chi connectivity index (χ4n) is 4.79. The van der Waals surface area contributed by atoms with Gasteiger partial charge in [-0.15, -0.1) is 0 Å². The Labute approximate surface area is 259 Å². The summed E-state index contributed by atoms with van der Waals surface area (Å²) >= 11 is 0. The number of rotatable bonds is 22. The maximum atomic E-state index is 12.7. The molecule has 0 fully saturated rings. The van der Waals surface area contributed by atoms with E-state index in [2.05, 4.69) is 27.2 Å². The molecule has 1 aromatic carbocycles. The van der Waals surface area contributed by atoms with Crippen LogP contribution in [0.5, 0.6) is 5.75 Å². The molecule has 3 atom stereocenters. The van der Waals surface area contributed by atoms with Crippen molar-refractivity contribution in [1.29, 1.82) is 0 Å². The number of carbonyl (C=O) groups is 1. The molecule has 44 heavy (non-hydrogen) atoms. The normalized spacial score (nSPS) is 14.3. The third kappa shape index (κ3) is 12.1. The molecule has 3 rings (SSSR count). The van der Waals surface area contributed by atoms with Crippen molar-refractivity contribution < 1.29 is 28.6 Å². The summed E-state index contributed by atoms with van der Waals surface area (Å²) in [7, 11) is -4.21. The molecule has 0 aliphatic heterocycles. The molecule has 13 nitrogen and oxygen atoms in total. The summed E-state index contributed by atoms with van der Waals surface area (Å²) in [6.45, 7) is 2.55. The number of hydrogen-bond donors (Lipinski definition) is 5. The highest BCUT2D eigenvalue weighted by atomic mass is 31.2. The Morgan fingerprint density at radius 2 is 1.68 bits per heavy atom. The minimum Gasteiger partial charge on any atom is -0.423 e. The van der Waals surface area contributed by atoms with Crippen LogP contribution in [0.3, 0.4) is 0 Å². The van der Waals surface area contributed by atoms with Gasteiger partial charge in [-0.05, 0) is 30.5 Å². The number of carbonyl (C=O) groups excluding carboxylic acids is 1. The molecule has 14 heteroatoms. The van der Waals surface area contributed by atoms with E-state index in [0.717, 1.165) is 18.4 Å². The molecule has 0 aliphatic rings. The first-order chi connectivity index (χ1) is 21.2. The third-order valence-corrected chi connectivity index (χ3v) is 8.27. The lowest BCUT2D eigenvalue weighted by Gasteiger charge is -2.19. The number of benzene rings is 1. The van der Waals surface area contributed by atoms with E-state index in [0.29, 0.717) is 24.1 Å². The summed E-state index contributed by atoms with van der Waals surface area (Å²) < 4.78 is 25.0. The summed E-state index contributed by atoms with van der Waals surface area (Å²) in [6.07, 6.45) is 14.0. The van der Waals surface area contributed by atoms with Gasteiger partial charge in [-0.25, -0.2) is 19.5 Å². The molecule has 2 unspecified atom stereocenters. The predicted molar refractivity (Wildman–Crippen MR) is 170 cm³/mol. The topological polar surface area (TPSA) is 201 Å². The van der Waals surface area contributed by atoms with Crippen molar-refractivity contribution in [3.8, 4) is 5.75 Å². The molecule has 0 bridgehead atoms. The zero-order valence-electron chi connectivity index (χ0n) is 25.6. The number of nitrogens with one attached hydrogen (secondary N) is 1. The van der Waals surface area contributed by atoms with E-state index in [1.165, 1.54) is 76.2 Å². The minimum absolute atomic E-state index is 0.116. The number of fused-ring (bicyclic) bond motifs is 1. The molecular formula is C30H48N7O6P. The van der Waals surface area contributed by atoms with Crippen LogP contribution in [0.1, 0.15) is 76.7 Å². The van der Waals surface area contributed by atoms with Gasteiger partial charge in [0, 0.05) is 6.54 Å². The number of nitrogen functional groups attached to an aromatic ring is 1. The lowest BCUT2D eigenvalue weighted by atomic mass is 10.1. The highest BCUT2D eigenvalue weighted by molar-refractivity contribution is 7.53. The van der Waals surface area contributed by atoms with Crippen molar-refractivity contribution in [2.45, 2.75) is 96.2 Å². The Balaban J connectivity index is 1.34. The zero-order valence-corrected chi connectivity index (χ0v) is 26.5. The third-order valence-electron chi connectivity index (χ3n) is 7.30. The van der Waals surface area contributed by atoms with Gasteiger partial charge in [-0.3, -0.25) is 4.79 Å². The Morgan fingerprint density at radius 1 is 1.02 bits per heavy atom. The van der Waals surface area contributed by atoms with Crippen LogP contribution < -0.4 is 21.3 Å². The van der Waals surface area contributed by atoms with Crippen LogP contribution in [0, 0.1) is 0 Å². The van der Waals surface area contributed by atoms with Gasteiger partial charge in [-0.2, -0.15) is 0 Å². The second-order valence-electron chi connectivity index (χ2n) is 11.1. The van der Waals surface area contributed by atoms with Gasteiger partial charge in [0.05, 0.1) is 31.6 Å². The quantitative estimate of drug-likeness (QED) is 0.0793. The average molecular weight is 634 g/mol. The van der Waals surface area contributed by atoms with Gasteiger partial charge in [0.25, 0.3) is 0 Å². The van der Waals surface area contributed by atoms with Gasteiger partial charge in [-0.1, -0.05) is 76.8 Å². The predicted octanol–water partition coefficient (Wildman–Crippen LogP) is 3.91. The number of amides is 1. The van der Waals surface area contributed by atoms with Gasteiger partial charge in [0.1, 0.15) is 17.6 Å². The van der Waals surface area contributed by atoms with Gasteiger partial charge in [0.2, 0.25) is 5.91 Å². The van der Waals surface area contributed by atoms with E-state index in [4.69, 9.17) is 20.7 Å². The van der Waals surface area contributed by atoms with Crippen LogP contribution in [0.25, 0.3) is 11.2 Å². The second-order valence-corrected chi connectivity index (χ2v) is 12.8. The van der Waals surface area contributed by atoms with Crippen molar-refractivity contribution in [1.82, 2.24) is 24.8 Å². The number of anilines is 1. The van der Waals surface area contributed by atoms with Gasteiger partial charge < -0.3 is 40.6 Å². The van der Waals surface area contributed by atoms with Crippen molar-refractivity contribution in [2.75, 3.05) is 25.2 Å². The standard InChI is InChI=1S/C30H48N7O6P/c1-2-3-4-5-6-7-8-9-10-11-16-33-30(39)26(31)17-23-12-14-24(15-13-23)43-44(40,41)22-42-25(19-38)18-37-21-36-27-28(32)34-20-35-29(27)37/h12-15,20-21,25-26,38H,2-11,16-19,22,31H2,1H3,(H,33,39)(H,40,41)(H2,32,34,35)/t25-,26?/m0/s1. The van der Waals surface area contributed by atoms with Crippen LogP contribution in [0.2, 0.25) is 0 Å². The number of ether oxygens (including phenoxy) is 1. The number of nitrogens with two attached hydrogens (primary N) is 2. The summed E-state index contributed by atoms with van der Waals surface area (Å²) in [5.41, 5.74) is 13.6. The van der Waals surface area contributed by atoms with Crippen molar-refractivity contribution in [3.05, 3.63) is 42.5 Å². The molecule has 0 saturated heterocycles. The van der Waals surface area contributed by atoms with E-state index in [1.807, 2.05) is 0 Å². The number of aliphatic hydroxyl groups excluding tert-OH is 1. The Hall–Kier alpha value is -3.09. The Morgan fingerprint density at radius 3 is 2.34 bits per heavy atom. The zero-order chi connectivity index (χ0) is 31.8. The van der Waals surface area contributed by atoms with E-state index in [9.17, 15) is 19.4 Å². The fraction of sp³-hybridized carbons (Fsp3) is 0.600. The van der Waals surface area contributed by atoms with E-state index < -0.39 is 32.7 Å². The minimum atomic E-state index is -4.21. The van der Waals surface area contributed by atoms with Crippen molar-refractivity contribution >= 4 is 30.5 Å². The average Bonchev–Trinajstić information content (AvgIpc) is 3.42. The number of unbranched alkanes of at least 4 members (excludes halogenated alkanes) is 9. The molecule has 0 aliphatic carbocycles. The molecule has 1 amide bonds. The number of imidazole rings is 1. The van der Waals surface area contributed by atoms with Crippen molar-refractivity contribution in [3.63, 3.8) is 0 Å². The number of aliphatic hydroxyl groups is 1. The van der Waals surface area contributed by atoms with E-state index in [-0.39, 0.29) is 24.0 Å². The highest BCUT2D eigenvalue weighted by Crippen LogP contribution is 2.43. The maximum absolute atomic E-state index is 12.7. The maximum Gasteiger partial charge on any atom is 0.402 e. The SMILES string of the molecule is CCCCCCCCCCCCNC(=O)C(N)Cc1ccc(OP(=O)(O)CO[C@H](CO)Cn2cnc3c(N)ncnc32)cc1. The first kappa shape index (κ1) is 35.4. The number of nitrogens with zero attached hydrogens (tertiary/aromatic N) is 4. The van der Waals surface area contributed by atoms with Crippen LogP contribution in [0.15, 0.2) is 36.9 Å². The summed E-state index contributed by atoms with van der Waals surface area (Å²) in [4.78, 5) is 34.9. The second kappa shape index (κ2) is 18.7. The first-order valence-electron chi connectivity index (χ1n) is 15.5. The fourth-order valence-corrected chi connectivity index (χ4v) is 5.70. The molecular weight excluding hydrogens is 585 g/mol. The van der Waals surface area contributed by atoms with Crippen LogP contribution in [-0.4, -0.2) is 67.1 Å². The number of aromatic nitrogens is 4. The van der Waals surface area contributed by atoms with Crippen LogP contribution >= 0.6 is 7.60 Å².